The monoisotopic (exact) mass is 302 g/mol. The fourth-order valence-corrected chi connectivity index (χ4v) is 3.63. The Balaban J connectivity index is 2.02. The third-order valence-corrected chi connectivity index (χ3v) is 4.69. The van der Waals surface area contributed by atoms with E-state index in [1.807, 2.05) is 11.3 Å². The Morgan fingerprint density at radius 3 is 2.94 bits per heavy atom. The molecule has 2 heterocycles. The van der Waals surface area contributed by atoms with E-state index in [4.69, 9.17) is 0 Å². The van der Waals surface area contributed by atoms with E-state index < -0.39 is 0 Å². The Kier molecular flexibility index (Phi) is 3.74. The number of halogens is 1. The quantitative estimate of drug-likeness (QED) is 0.903. The average Bonchev–Trinajstić information content (AvgIpc) is 2.58. The number of hydrogen-bond donors (Lipinski definition) is 1. The average molecular weight is 303 g/mol. The molecule has 0 saturated carbocycles. The minimum absolute atomic E-state index is 0.237. The lowest BCUT2D eigenvalue weighted by Crippen LogP contribution is -2.60. The summed E-state index contributed by atoms with van der Waals surface area (Å²) < 4.78 is 1.23. The zero-order chi connectivity index (χ0) is 11.8. The van der Waals surface area contributed by atoms with Gasteiger partial charge < -0.3 is 5.32 Å². The van der Waals surface area contributed by atoms with E-state index >= 15 is 0 Å². The van der Waals surface area contributed by atoms with Crippen LogP contribution in [-0.2, 0) is 6.54 Å². The molecule has 0 amide bonds. The van der Waals surface area contributed by atoms with Gasteiger partial charge in [0.15, 0.2) is 0 Å². The van der Waals surface area contributed by atoms with Crippen LogP contribution in [0.5, 0.6) is 0 Å². The van der Waals surface area contributed by atoms with Crippen molar-refractivity contribution in [1.29, 1.82) is 0 Å². The summed E-state index contributed by atoms with van der Waals surface area (Å²) in [5.41, 5.74) is 0.237. The van der Waals surface area contributed by atoms with Crippen molar-refractivity contribution in [2.45, 2.75) is 38.9 Å². The number of thiophene rings is 1. The standard InChI is InChI=1S/C12H19BrN2S/c1-9-6-14-12(2,3)8-15(9)7-10-4-5-11(13)16-10/h4-5,9,14H,6-8H2,1-3H3. The molecule has 1 aromatic rings. The van der Waals surface area contributed by atoms with Crippen LogP contribution in [0.3, 0.4) is 0 Å². The van der Waals surface area contributed by atoms with Crippen LogP contribution in [0.2, 0.25) is 0 Å². The van der Waals surface area contributed by atoms with Crippen LogP contribution in [-0.4, -0.2) is 29.6 Å². The van der Waals surface area contributed by atoms with Gasteiger partial charge in [-0.3, -0.25) is 4.90 Å². The Hall–Kier alpha value is 0.1000. The third-order valence-electron chi connectivity index (χ3n) is 3.09. The smallest absolute Gasteiger partial charge is 0.0701 e. The number of nitrogens with zero attached hydrogens (tertiary/aromatic N) is 1. The van der Waals surface area contributed by atoms with Crippen LogP contribution in [0.4, 0.5) is 0 Å². The molecule has 1 N–H and O–H groups in total. The highest BCUT2D eigenvalue weighted by Crippen LogP contribution is 2.25. The van der Waals surface area contributed by atoms with Gasteiger partial charge in [-0.2, -0.15) is 0 Å². The summed E-state index contributed by atoms with van der Waals surface area (Å²) in [5, 5.41) is 3.58. The van der Waals surface area contributed by atoms with Crippen molar-refractivity contribution in [2.24, 2.45) is 0 Å². The number of rotatable bonds is 2. The minimum atomic E-state index is 0.237. The summed E-state index contributed by atoms with van der Waals surface area (Å²) in [6.07, 6.45) is 0. The zero-order valence-corrected chi connectivity index (χ0v) is 12.5. The second kappa shape index (κ2) is 4.77. The summed E-state index contributed by atoms with van der Waals surface area (Å²) >= 11 is 5.36. The fourth-order valence-electron chi connectivity index (χ4n) is 2.12. The molecule has 0 spiro atoms. The molecule has 0 bridgehead atoms. The van der Waals surface area contributed by atoms with Crippen molar-refractivity contribution < 1.29 is 0 Å². The molecule has 16 heavy (non-hydrogen) atoms. The van der Waals surface area contributed by atoms with E-state index in [1.165, 1.54) is 8.66 Å². The first-order valence-corrected chi connectivity index (χ1v) is 7.30. The van der Waals surface area contributed by atoms with Crippen LogP contribution < -0.4 is 5.32 Å². The van der Waals surface area contributed by atoms with Crippen molar-refractivity contribution in [3.63, 3.8) is 0 Å². The SMILES string of the molecule is CC1CNC(C)(C)CN1Cc1ccc(Br)s1. The van der Waals surface area contributed by atoms with Crippen molar-refractivity contribution in [3.05, 3.63) is 20.8 Å². The van der Waals surface area contributed by atoms with Gasteiger partial charge in [0.2, 0.25) is 0 Å². The maximum absolute atomic E-state index is 3.58. The third kappa shape index (κ3) is 3.06. The first-order valence-electron chi connectivity index (χ1n) is 5.69. The molecule has 1 aliphatic heterocycles. The van der Waals surface area contributed by atoms with Crippen LogP contribution >= 0.6 is 27.3 Å². The highest BCUT2D eigenvalue weighted by atomic mass is 79.9. The highest BCUT2D eigenvalue weighted by Gasteiger charge is 2.30. The molecule has 0 aromatic carbocycles. The molecule has 1 atom stereocenters. The van der Waals surface area contributed by atoms with E-state index in [9.17, 15) is 0 Å². The van der Waals surface area contributed by atoms with Gasteiger partial charge >= 0.3 is 0 Å². The van der Waals surface area contributed by atoms with Crippen molar-refractivity contribution in [2.75, 3.05) is 13.1 Å². The lowest BCUT2D eigenvalue weighted by molar-refractivity contribution is 0.0988. The predicted octanol–water partition coefficient (Wildman–Crippen LogP) is 3.08. The van der Waals surface area contributed by atoms with Crippen LogP contribution in [0.25, 0.3) is 0 Å². The minimum Gasteiger partial charge on any atom is -0.309 e. The number of piperazine rings is 1. The molecule has 4 heteroatoms. The molecule has 0 aliphatic carbocycles. The van der Waals surface area contributed by atoms with E-state index in [-0.39, 0.29) is 5.54 Å². The Morgan fingerprint density at radius 1 is 1.56 bits per heavy atom. The molecular formula is C12H19BrN2S. The van der Waals surface area contributed by atoms with Gasteiger partial charge in [0, 0.05) is 36.1 Å². The second-order valence-corrected chi connectivity index (χ2v) is 7.77. The van der Waals surface area contributed by atoms with Crippen molar-refractivity contribution in [3.8, 4) is 0 Å². The molecule has 1 aliphatic rings. The molecule has 1 unspecified atom stereocenters. The molecule has 1 saturated heterocycles. The van der Waals surface area contributed by atoms with Gasteiger partial charge in [-0.1, -0.05) is 0 Å². The normalized spacial score (nSPS) is 25.9. The summed E-state index contributed by atoms with van der Waals surface area (Å²) in [6, 6.07) is 4.98. The van der Waals surface area contributed by atoms with Crippen LogP contribution in [0.1, 0.15) is 25.6 Å². The lowest BCUT2D eigenvalue weighted by atomic mass is 9.99. The first-order chi connectivity index (χ1) is 7.46. The van der Waals surface area contributed by atoms with Gasteiger partial charge in [-0.15, -0.1) is 11.3 Å². The van der Waals surface area contributed by atoms with Crippen molar-refractivity contribution >= 4 is 27.3 Å². The van der Waals surface area contributed by atoms with Crippen molar-refractivity contribution in [1.82, 2.24) is 10.2 Å². The van der Waals surface area contributed by atoms with E-state index in [2.05, 4.69) is 59.1 Å². The second-order valence-electron chi connectivity index (χ2n) is 5.22. The maximum atomic E-state index is 3.58. The number of nitrogens with one attached hydrogen (secondary N) is 1. The van der Waals surface area contributed by atoms with E-state index in [0.717, 1.165) is 19.6 Å². The van der Waals surface area contributed by atoms with Gasteiger partial charge in [-0.05, 0) is 48.8 Å². The molecule has 1 aromatic heterocycles. The van der Waals surface area contributed by atoms with Crippen LogP contribution in [0.15, 0.2) is 15.9 Å². The molecule has 2 rings (SSSR count). The summed E-state index contributed by atoms with van der Waals surface area (Å²) in [6.45, 7) is 10.1. The summed E-state index contributed by atoms with van der Waals surface area (Å²) in [5.74, 6) is 0. The Morgan fingerprint density at radius 2 is 2.31 bits per heavy atom. The highest BCUT2D eigenvalue weighted by molar-refractivity contribution is 9.11. The maximum Gasteiger partial charge on any atom is 0.0701 e. The van der Waals surface area contributed by atoms with Gasteiger partial charge in [0.05, 0.1) is 3.79 Å². The molecule has 90 valence electrons. The molecular weight excluding hydrogens is 284 g/mol. The largest absolute Gasteiger partial charge is 0.309 e. The Labute approximate surface area is 110 Å². The topological polar surface area (TPSA) is 15.3 Å². The van der Waals surface area contributed by atoms with Crippen LogP contribution in [0, 0.1) is 0 Å². The molecule has 0 radical (unpaired) electrons. The number of hydrogen-bond acceptors (Lipinski definition) is 3. The molecule has 1 fully saturated rings. The Bertz CT molecular complexity index is 362. The van der Waals surface area contributed by atoms with E-state index in [1.54, 1.807) is 0 Å². The summed E-state index contributed by atoms with van der Waals surface area (Å²) in [7, 11) is 0. The van der Waals surface area contributed by atoms with Gasteiger partial charge in [0.25, 0.3) is 0 Å². The zero-order valence-electron chi connectivity index (χ0n) is 10.1. The lowest BCUT2D eigenvalue weighted by Gasteiger charge is -2.43. The first kappa shape index (κ1) is 12.6. The molecule has 2 nitrogen and oxygen atoms in total. The fraction of sp³-hybridized carbons (Fsp3) is 0.667. The van der Waals surface area contributed by atoms with E-state index in [0.29, 0.717) is 6.04 Å². The summed E-state index contributed by atoms with van der Waals surface area (Å²) in [4.78, 5) is 4.01. The van der Waals surface area contributed by atoms with Gasteiger partial charge in [-0.25, -0.2) is 0 Å². The van der Waals surface area contributed by atoms with Gasteiger partial charge in [0.1, 0.15) is 0 Å². The predicted molar refractivity (Wildman–Crippen MR) is 74.0 cm³/mol.